The third kappa shape index (κ3) is 4.56. The van der Waals surface area contributed by atoms with E-state index in [4.69, 9.17) is 9.26 Å². The minimum absolute atomic E-state index is 0.137. The van der Waals surface area contributed by atoms with E-state index in [2.05, 4.69) is 10.5 Å². The first-order valence-electron chi connectivity index (χ1n) is 11.5. The Hall–Kier alpha value is -2.71. The predicted octanol–water partition coefficient (Wildman–Crippen LogP) is 3.19. The third-order valence-electron chi connectivity index (χ3n) is 6.99. The summed E-state index contributed by atoms with van der Waals surface area (Å²) < 4.78 is 11.1. The smallest absolute Gasteiger partial charge is 0.347 e. The van der Waals surface area contributed by atoms with Crippen LogP contribution in [0.1, 0.15) is 50.5 Å². The monoisotopic (exact) mass is 442 g/mol. The number of carbonyl (C=O) groups excluding carboxylic acids is 2. The van der Waals surface area contributed by atoms with Crippen molar-refractivity contribution in [3.8, 4) is 0 Å². The molecule has 1 saturated carbocycles. The van der Waals surface area contributed by atoms with E-state index in [0.29, 0.717) is 24.3 Å². The maximum absolute atomic E-state index is 13.5. The molecule has 2 heterocycles. The SMILES string of the molecule is C[N+]1(CC(=O)Nc2ccon2)CCCCC1OC(=O)C(O)(c1ccccc1)C1CCCC1. The average molecular weight is 443 g/mol. The summed E-state index contributed by atoms with van der Waals surface area (Å²) in [5.74, 6) is -0.649. The number of likely N-dealkylation sites (tertiary alicyclic amines) is 1. The number of quaternary nitrogens is 1. The summed E-state index contributed by atoms with van der Waals surface area (Å²) in [6.07, 6.45) is 6.95. The largest absolute Gasteiger partial charge is 0.410 e. The molecule has 1 aliphatic carbocycles. The minimum Gasteiger partial charge on any atom is -0.410 e. The van der Waals surface area contributed by atoms with Crippen molar-refractivity contribution in [2.45, 2.75) is 56.8 Å². The molecular weight excluding hydrogens is 410 g/mol. The molecule has 8 heteroatoms. The molecule has 8 nitrogen and oxygen atoms in total. The number of esters is 1. The van der Waals surface area contributed by atoms with Crippen molar-refractivity contribution in [3.05, 3.63) is 48.2 Å². The summed E-state index contributed by atoms with van der Waals surface area (Å²) in [4.78, 5) is 26.2. The molecule has 1 aromatic carbocycles. The standard InChI is InChI=1S/C24H31N3O5/c1-27(17-21(28)25-20-14-16-31-26-20)15-8-7-13-22(27)32-23(29)24(30,19-11-5-6-12-19)18-9-3-2-4-10-18/h2-4,9-10,14,16,19,22,30H,5-8,11-13,15,17H2,1H3/p+1. The molecule has 32 heavy (non-hydrogen) atoms. The number of rotatable bonds is 7. The Labute approximate surface area is 188 Å². The van der Waals surface area contributed by atoms with E-state index in [1.165, 1.54) is 6.26 Å². The number of nitrogens with one attached hydrogen (secondary N) is 1. The molecule has 0 bridgehead atoms. The molecule has 2 aromatic rings. The van der Waals surface area contributed by atoms with Crippen LogP contribution in [-0.2, 0) is 19.9 Å². The van der Waals surface area contributed by atoms with Crippen molar-refractivity contribution >= 4 is 17.7 Å². The van der Waals surface area contributed by atoms with Crippen LogP contribution in [0.5, 0.6) is 0 Å². The highest BCUT2D eigenvalue weighted by atomic mass is 16.6. The fraction of sp³-hybridized carbons (Fsp3) is 0.542. The number of likely N-dealkylation sites (N-methyl/N-ethyl adjacent to an activating group) is 1. The van der Waals surface area contributed by atoms with Gasteiger partial charge >= 0.3 is 5.97 Å². The van der Waals surface area contributed by atoms with Gasteiger partial charge in [0.15, 0.2) is 18.0 Å². The minimum atomic E-state index is -1.68. The van der Waals surface area contributed by atoms with Gasteiger partial charge in [-0.3, -0.25) is 9.28 Å². The first-order valence-corrected chi connectivity index (χ1v) is 11.5. The van der Waals surface area contributed by atoms with Gasteiger partial charge in [-0.05, 0) is 31.2 Å². The lowest BCUT2D eigenvalue weighted by atomic mass is 9.80. The second kappa shape index (κ2) is 9.42. The van der Waals surface area contributed by atoms with E-state index >= 15 is 0 Å². The molecule has 2 N–H and O–H groups in total. The third-order valence-corrected chi connectivity index (χ3v) is 6.99. The van der Waals surface area contributed by atoms with Gasteiger partial charge in [0.1, 0.15) is 6.26 Å². The van der Waals surface area contributed by atoms with Crippen LogP contribution in [0.3, 0.4) is 0 Å². The number of piperidine rings is 1. The van der Waals surface area contributed by atoms with Crippen molar-refractivity contribution in [1.82, 2.24) is 5.16 Å². The summed E-state index contributed by atoms with van der Waals surface area (Å²) in [6, 6.07) is 10.7. The van der Waals surface area contributed by atoms with Crippen LogP contribution in [0.4, 0.5) is 5.82 Å². The fourth-order valence-corrected chi connectivity index (χ4v) is 5.17. The second-order valence-corrected chi connectivity index (χ2v) is 9.26. The number of anilines is 1. The Morgan fingerprint density at radius 2 is 1.88 bits per heavy atom. The Kier molecular flexibility index (Phi) is 6.62. The predicted molar refractivity (Wildman–Crippen MR) is 117 cm³/mol. The van der Waals surface area contributed by atoms with Crippen LogP contribution in [0.25, 0.3) is 0 Å². The van der Waals surface area contributed by atoms with Gasteiger partial charge in [0.25, 0.3) is 5.91 Å². The zero-order valence-corrected chi connectivity index (χ0v) is 18.5. The second-order valence-electron chi connectivity index (χ2n) is 9.26. The lowest BCUT2D eigenvalue weighted by molar-refractivity contribution is -0.950. The van der Waals surface area contributed by atoms with Crippen LogP contribution < -0.4 is 5.32 Å². The number of ether oxygens (including phenoxy) is 1. The summed E-state index contributed by atoms with van der Waals surface area (Å²) >= 11 is 0. The van der Waals surface area contributed by atoms with E-state index < -0.39 is 17.8 Å². The number of nitrogens with zero attached hydrogens (tertiary/aromatic N) is 2. The molecule has 4 rings (SSSR count). The van der Waals surface area contributed by atoms with Gasteiger partial charge in [0.05, 0.1) is 13.6 Å². The van der Waals surface area contributed by atoms with Gasteiger partial charge in [-0.2, -0.15) is 0 Å². The zero-order valence-electron chi connectivity index (χ0n) is 18.5. The highest BCUT2D eigenvalue weighted by molar-refractivity contribution is 5.90. The number of aromatic nitrogens is 1. The van der Waals surface area contributed by atoms with Crippen LogP contribution in [0, 0.1) is 5.92 Å². The topological polar surface area (TPSA) is 102 Å². The van der Waals surface area contributed by atoms with E-state index in [-0.39, 0.29) is 22.9 Å². The summed E-state index contributed by atoms with van der Waals surface area (Å²) in [5.41, 5.74) is -1.10. The lowest BCUT2D eigenvalue weighted by Gasteiger charge is -2.44. The number of hydrogen-bond donors (Lipinski definition) is 2. The first-order chi connectivity index (χ1) is 15.4. The Morgan fingerprint density at radius 1 is 1.16 bits per heavy atom. The van der Waals surface area contributed by atoms with E-state index in [9.17, 15) is 14.7 Å². The van der Waals surface area contributed by atoms with Crippen LogP contribution >= 0.6 is 0 Å². The van der Waals surface area contributed by atoms with Crippen LogP contribution in [0.15, 0.2) is 47.2 Å². The van der Waals surface area contributed by atoms with Crippen LogP contribution in [-0.4, -0.2) is 53.0 Å². The highest BCUT2D eigenvalue weighted by Gasteiger charge is 2.50. The van der Waals surface area contributed by atoms with Crippen LogP contribution in [0.2, 0.25) is 0 Å². The molecule has 3 unspecified atom stereocenters. The van der Waals surface area contributed by atoms with Crippen molar-refractivity contribution in [2.75, 3.05) is 25.5 Å². The molecule has 1 aliphatic heterocycles. The van der Waals surface area contributed by atoms with Gasteiger partial charge in [0, 0.05) is 18.4 Å². The molecule has 2 fully saturated rings. The zero-order chi connectivity index (χ0) is 22.6. The Balaban J connectivity index is 1.52. The molecule has 3 atom stereocenters. The number of carbonyl (C=O) groups is 2. The maximum atomic E-state index is 13.5. The normalized spacial score (nSPS) is 25.8. The quantitative estimate of drug-likeness (QED) is 0.504. The van der Waals surface area contributed by atoms with Gasteiger partial charge < -0.3 is 19.7 Å². The molecule has 1 amide bonds. The molecular formula is C24H32N3O5+. The number of amides is 1. The molecule has 1 saturated heterocycles. The summed E-state index contributed by atoms with van der Waals surface area (Å²) in [5, 5.41) is 18.2. The van der Waals surface area contributed by atoms with Crippen molar-refractivity contribution in [3.63, 3.8) is 0 Å². The Morgan fingerprint density at radius 3 is 2.56 bits per heavy atom. The number of aliphatic hydroxyl groups is 1. The highest BCUT2D eigenvalue weighted by Crippen LogP contribution is 2.42. The molecule has 0 radical (unpaired) electrons. The molecule has 2 aliphatic rings. The van der Waals surface area contributed by atoms with Gasteiger partial charge in [-0.1, -0.05) is 48.3 Å². The van der Waals surface area contributed by atoms with E-state index in [1.54, 1.807) is 18.2 Å². The molecule has 1 aromatic heterocycles. The van der Waals surface area contributed by atoms with Gasteiger partial charge in [0.2, 0.25) is 6.23 Å². The van der Waals surface area contributed by atoms with Gasteiger partial charge in [-0.25, -0.2) is 4.79 Å². The Bertz CT molecular complexity index is 913. The summed E-state index contributed by atoms with van der Waals surface area (Å²) in [7, 11) is 1.93. The average Bonchev–Trinajstić information content (AvgIpc) is 3.50. The van der Waals surface area contributed by atoms with E-state index in [1.807, 2.05) is 25.2 Å². The summed E-state index contributed by atoms with van der Waals surface area (Å²) in [6.45, 7) is 0.843. The molecule has 0 spiro atoms. The van der Waals surface area contributed by atoms with Gasteiger partial charge in [-0.15, -0.1) is 0 Å². The van der Waals surface area contributed by atoms with E-state index in [0.717, 1.165) is 38.5 Å². The number of hydrogen-bond acceptors (Lipinski definition) is 6. The number of benzene rings is 1. The first kappa shape index (κ1) is 22.5. The fourth-order valence-electron chi connectivity index (χ4n) is 5.17. The van der Waals surface area contributed by atoms with Crippen molar-refractivity contribution in [2.24, 2.45) is 5.92 Å². The molecule has 172 valence electrons. The van der Waals surface area contributed by atoms with Crippen molar-refractivity contribution < 1.29 is 28.4 Å². The maximum Gasteiger partial charge on any atom is 0.347 e. The van der Waals surface area contributed by atoms with Crippen molar-refractivity contribution in [1.29, 1.82) is 0 Å². The lowest BCUT2D eigenvalue weighted by Crippen LogP contribution is -2.60.